The number of nitrogens with zero attached hydrogens (tertiary/aromatic N) is 2. The van der Waals surface area contributed by atoms with Gasteiger partial charge in [0.2, 0.25) is 0 Å². The second-order valence-electron chi connectivity index (χ2n) is 11.5. The Morgan fingerprint density at radius 1 is 0.955 bits per heavy atom. The number of benzene rings is 3. The number of aromatic nitrogens is 1. The molecule has 1 heterocycles. The highest BCUT2D eigenvalue weighted by Gasteiger charge is 2.20. The van der Waals surface area contributed by atoms with Crippen LogP contribution in [-0.2, 0) is 14.9 Å². The van der Waals surface area contributed by atoms with Crippen molar-refractivity contribution in [1.82, 2.24) is 4.98 Å². The molecule has 228 valence electrons. The van der Waals surface area contributed by atoms with E-state index in [0.717, 1.165) is 46.7 Å². The minimum absolute atomic E-state index is 0.0323. The number of carbonyl (C=O) groups is 1. The van der Waals surface area contributed by atoms with Gasteiger partial charge >= 0.3 is 5.97 Å². The summed E-state index contributed by atoms with van der Waals surface area (Å²) in [6.07, 6.45) is 1.83. The third-order valence-electron chi connectivity index (χ3n) is 6.98. The van der Waals surface area contributed by atoms with Gasteiger partial charge in [-0.15, -0.1) is 0 Å². The molecule has 44 heavy (non-hydrogen) atoms. The van der Waals surface area contributed by atoms with Crippen LogP contribution in [0.3, 0.4) is 0 Å². The lowest BCUT2D eigenvalue weighted by atomic mass is 9.87. The maximum absolute atomic E-state index is 13.2. The number of nitriles is 1. The minimum atomic E-state index is -0.397. The zero-order chi connectivity index (χ0) is 31.4. The summed E-state index contributed by atoms with van der Waals surface area (Å²) in [4.78, 5) is 18.0. The number of thioether (sulfide) groups is 2. The number of esters is 1. The molecule has 0 bridgehead atoms. The number of rotatable bonds is 14. The fourth-order valence-corrected chi connectivity index (χ4v) is 6.37. The Labute approximate surface area is 270 Å². The molecule has 0 radical (unpaired) electrons. The lowest BCUT2D eigenvalue weighted by Crippen LogP contribution is -2.28. The summed E-state index contributed by atoms with van der Waals surface area (Å²) in [6, 6.07) is 32.0. The van der Waals surface area contributed by atoms with Gasteiger partial charge in [0, 0.05) is 16.9 Å². The molecule has 0 amide bonds. The van der Waals surface area contributed by atoms with Crippen LogP contribution in [0.4, 0.5) is 0 Å². The number of hydrogen-bond donors (Lipinski definition) is 0. The molecule has 0 saturated carbocycles. The summed E-state index contributed by atoms with van der Waals surface area (Å²) in [5.74, 6) is 2.08. The van der Waals surface area contributed by atoms with Crippen LogP contribution in [0, 0.1) is 11.3 Å². The summed E-state index contributed by atoms with van der Waals surface area (Å²) < 4.78 is 12.0. The highest BCUT2D eigenvalue weighted by Crippen LogP contribution is 2.34. The van der Waals surface area contributed by atoms with Gasteiger partial charge in [0.1, 0.15) is 29.6 Å². The lowest BCUT2D eigenvalue weighted by Gasteiger charge is -2.21. The molecule has 1 unspecified atom stereocenters. The Morgan fingerprint density at radius 3 is 2.23 bits per heavy atom. The molecule has 0 N–H and O–H groups in total. The Hall–Kier alpha value is -3.73. The molecule has 3 aromatic carbocycles. The lowest BCUT2D eigenvalue weighted by molar-refractivity contribution is -0.145. The first-order chi connectivity index (χ1) is 21.3. The zero-order valence-corrected chi connectivity index (χ0v) is 27.5. The number of unbranched alkanes of at least 4 members (excludes halogenated alkanes) is 1. The Kier molecular flexibility index (Phi) is 12.3. The standard InChI is InChI=1S/C37H40N2O3S2/c1-5-6-21-43-25-31(24-41-30-19-17-29(18-20-30)37(2,3)4)42-35(40)26-44-36-33(23-38)32(27-13-9-7-10-14-27)22-34(39-36)28-15-11-8-12-16-28/h7-20,22,31H,5-6,21,24-26H2,1-4H3. The first kappa shape index (κ1) is 33.2. The molecule has 1 atom stereocenters. The molecule has 1 aromatic heterocycles. The monoisotopic (exact) mass is 624 g/mol. The van der Waals surface area contributed by atoms with Crippen molar-refractivity contribution in [2.24, 2.45) is 0 Å². The third-order valence-corrected chi connectivity index (χ3v) is 9.11. The van der Waals surface area contributed by atoms with Gasteiger partial charge in [-0.25, -0.2) is 4.98 Å². The molecule has 7 heteroatoms. The van der Waals surface area contributed by atoms with Gasteiger partial charge in [-0.2, -0.15) is 17.0 Å². The van der Waals surface area contributed by atoms with Crippen molar-refractivity contribution in [3.05, 3.63) is 102 Å². The van der Waals surface area contributed by atoms with Gasteiger partial charge in [-0.3, -0.25) is 4.79 Å². The number of ether oxygens (including phenoxy) is 2. The van der Waals surface area contributed by atoms with Gasteiger partial charge in [0.25, 0.3) is 0 Å². The van der Waals surface area contributed by atoms with Gasteiger partial charge in [0.05, 0.1) is 17.0 Å². The second kappa shape index (κ2) is 16.4. The van der Waals surface area contributed by atoms with E-state index in [2.05, 4.69) is 45.9 Å². The average molecular weight is 625 g/mol. The van der Waals surface area contributed by atoms with Gasteiger partial charge in [0.15, 0.2) is 0 Å². The van der Waals surface area contributed by atoms with E-state index in [9.17, 15) is 10.1 Å². The smallest absolute Gasteiger partial charge is 0.316 e. The topological polar surface area (TPSA) is 72.2 Å². The Bertz CT molecular complexity index is 1530. The maximum atomic E-state index is 13.2. The molecular formula is C37H40N2O3S2. The number of pyridine rings is 1. The van der Waals surface area contributed by atoms with Crippen molar-refractivity contribution in [2.45, 2.75) is 57.1 Å². The molecule has 0 aliphatic carbocycles. The van der Waals surface area contributed by atoms with E-state index < -0.39 is 6.10 Å². The minimum Gasteiger partial charge on any atom is -0.490 e. The normalized spacial score (nSPS) is 11.9. The predicted molar refractivity (Wildman–Crippen MR) is 183 cm³/mol. The fourth-order valence-electron chi connectivity index (χ4n) is 4.50. The first-order valence-electron chi connectivity index (χ1n) is 15.0. The van der Waals surface area contributed by atoms with E-state index in [1.54, 1.807) is 11.8 Å². The van der Waals surface area contributed by atoms with Crippen LogP contribution in [-0.4, -0.2) is 40.9 Å². The molecule has 0 aliphatic heterocycles. The van der Waals surface area contributed by atoms with Crippen LogP contribution in [0.15, 0.2) is 96.0 Å². The second-order valence-corrected chi connectivity index (χ2v) is 13.6. The van der Waals surface area contributed by atoms with E-state index >= 15 is 0 Å². The van der Waals surface area contributed by atoms with Crippen LogP contribution in [0.5, 0.6) is 5.75 Å². The summed E-state index contributed by atoms with van der Waals surface area (Å²) in [5.41, 5.74) is 5.14. The molecular weight excluding hydrogens is 585 g/mol. The number of carbonyl (C=O) groups excluding carboxylic acids is 1. The van der Waals surface area contributed by atoms with E-state index in [1.165, 1.54) is 17.3 Å². The average Bonchev–Trinajstić information content (AvgIpc) is 3.04. The van der Waals surface area contributed by atoms with Crippen LogP contribution >= 0.6 is 23.5 Å². The van der Waals surface area contributed by atoms with Crippen molar-refractivity contribution in [1.29, 1.82) is 5.26 Å². The summed E-state index contributed by atoms with van der Waals surface area (Å²) in [7, 11) is 0. The van der Waals surface area contributed by atoms with Crippen molar-refractivity contribution in [3.8, 4) is 34.2 Å². The fraction of sp³-hybridized carbons (Fsp3) is 0.324. The van der Waals surface area contributed by atoms with Gasteiger partial charge in [-0.05, 0) is 46.9 Å². The molecule has 4 rings (SSSR count). The quantitative estimate of drug-likeness (QED) is 0.0787. The van der Waals surface area contributed by atoms with Crippen LogP contribution in [0.1, 0.15) is 51.7 Å². The molecule has 0 saturated heterocycles. The molecule has 5 nitrogen and oxygen atoms in total. The van der Waals surface area contributed by atoms with E-state index in [1.807, 2.05) is 78.9 Å². The largest absolute Gasteiger partial charge is 0.490 e. The van der Waals surface area contributed by atoms with Crippen LogP contribution < -0.4 is 4.74 Å². The molecule has 0 fully saturated rings. The van der Waals surface area contributed by atoms with Gasteiger partial charge in [-0.1, -0.05) is 119 Å². The van der Waals surface area contributed by atoms with Crippen molar-refractivity contribution < 1.29 is 14.3 Å². The van der Waals surface area contributed by atoms with E-state index in [0.29, 0.717) is 16.3 Å². The van der Waals surface area contributed by atoms with Gasteiger partial charge < -0.3 is 9.47 Å². The summed E-state index contributed by atoms with van der Waals surface area (Å²) >= 11 is 3.00. The first-order valence-corrected chi connectivity index (χ1v) is 17.1. The Balaban J connectivity index is 1.49. The maximum Gasteiger partial charge on any atom is 0.316 e. The predicted octanol–water partition coefficient (Wildman–Crippen LogP) is 9.20. The highest BCUT2D eigenvalue weighted by molar-refractivity contribution is 8.00. The van der Waals surface area contributed by atoms with Crippen LogP contribution in [0.2, 0.25) is 0 Å². The zero-order valence-electron chi connectivity index (χ0n) is 25.9. The van der Waals surface area contributed by atoms with Crippen molar-refractivity contribution in [2.75, 3.05) is 23.9 Å². The molecule has 0 spiro atoms. The third kappa shape index (κ3) is 9.64. The van der Waals surface area contributed by atoms with E-state index in [4.69, 9.17) is 14.5 Å². The van der Waals surface area contributed by atoms with Crippen molar-refractivity contribution in [3.63, 3.8) is 0 Å². The molecule has 4 aromatic rings. The Morgan fingerprint density at radius 2 is 1.61 bits per heavy atom. The van der Waals surface area contributed by atoms with Crippen molar-refractivity contribution >= 4 is 29.5 Å². The summed E-state index contributed by atoms with van der Waals surface area (Å²) in [6.45, 7) is 8.98. The summed E-state index contributed by atoms with van der Waals surface area (Å²) in [5, 5.41) is 10.7. The van der Waals surface area contributed by atoms with E-state index in [-0.39, 0.29) is 23.7 Å². The van der Waals surface area contributed by atoms with Crippen LogP contribution in [0.25, 0.3) is 22.4 Å². The SMILES string of the molecule is CCCCSCC(COc1ccc(C(C)(C)C)cc1)OC(=O)CSc1nc(-c2ccccc2)cc(-c2ccccc2)c1C#N. The molecule has 0 aliphatic rings. The number of hydrogen-bond acceptors (Lipinski definition) is 7. The highest BCUT2D eigenvalue weighted by atomic mass is 32.2.